The van der Waals surface area contributed by atoms with Crippen molar-refractivity contribution in [3.8, 4) is 11.8 Å². The van der Waals surface area contributed by atoms with Crippen LogP contribution in [0.5, 0.6) is 0 Å². The highest BCUT2D eigenvalue weighted by Gasteiger charge is 2.23. The molecule has 21 heavy (non-hydrogen) atoms. The summed E-state index contributed by atoms with van der Waals surface area (Å²) in [6, 6.07) is 2.09. The molecule has 2 rings (SSSR count). The van der Waals surface area contributed by atoms with Crippen molar-refractivity contribution in [2.24, 2.45) is 5.92 Å². The van der Waals surface area contributed by atoms with Gasteiger partial charge in [0.2, 0.25) is 0 Å². The molecule has 0 saturated carbocycles. The molecule has 1 aliphatic heterocycles. The number of hydrogen-bond donors (Lipinski definition) is 1. The van der Waals surface area contributed by atoms with E-state index < -0.39 is 0 Å². The molecule has 0 radical (unpaired) electrons. The quantitative estimate of drug-likeness (QED) is 0.853. The van der Waals surface area contributed by atoms with Crippen LogP contribution in [0.15, 0.2) is 11.4 Å². The van der Waals surface area contributed by atoms with Crippen LogP contribution >= 0.6 is 11.3 Å². The fraction of sp³-hybridized carbons (Fsp3) is 0.562. The van der Waals surface area contributed by atoms with Crippen molar-refractivity contribution < 1.29 is 9.90 Å². The number of carbonyl (C=O) groups is 1. The summed E-state index contributed by atoms with van der Waals surface area (Å²) in [7, 11) is 1.85. The standard InChI is InChI=1S/C16H22N2O2S/c1-13-5-3-7-18(10-13)16(20)17(2)11-14-9-15(21-12-14)6-4-8-19/h9,12-13,19H,3,5,7-8,10-11H2,1-2H3. The second kappa shape index (κ2) is 7.48. The fourth-order valence-corrected chi connectivity index (χ4v) is 3.37. The molecule has 5 heteroatoms. The van der Waals surface area contributed by atoms with Gasteiger partial charge in [0.1, 0.15) is 6.61 Å². The van der Waals surface area contributed by atoms with Gasteiger partial charge in [-0.15, -0.1) is 11.3 Å². The van der Waals surface area contributed by atoms with Crippen LogP contribution in [0, 0.1) is 17.8 Å². The van der Waals surface area contributed by atoms with E-state index in [1.54, 1.807) is 16.2 Å². The zero-order valence-electron chi connectivity index (χ0n) is 12.6. The van der Waals surface area contributed by atoms with Gasteiger partial charge in [-0.1, -0.05) is 18.8 Å². The van der Waals surface area contributed by atoms with E-state index in [9.17, 15) is 4.79 Å². The third-order valence-electron chi connectivity index (χ3n) is 3.62. The highest BCUT2D eigenvalue weighted by Crippen LogP contribution is 2.19. The van der Waals surface area contributed by atoms with Crippen LogP contribution in [-0.4, -0.2) is 47.7 Å². The molecule has 1 aromatic rings. The van der Waals surface area contributed by atoms with Crippen LogP contribution in [0.3, 0.4) is 0 Å². The highest BCUT2D eigenvalue weighted by atomic mass is 32.1. The Kier molecular flexibility index (Phi) is 5.66. The van der Waals surface area contributed by atoms with Gasteiger partial charge < -0.3 is 14.9 Å². The van der Waals surface area contributed by atoms with Crippen LogP contribution in [-0.2, 0) is 6.54 Å². The number of likely N-dealkylation sites (tertiary alicyclic amines) is 1. The lowest BCUT2D eigenvalue weighted by Gasteiger charge is -2.34. The first-order valence-corrected chi connectivity index (χ1v) is 8.15. The molecular formula is C16H22N2O2S. The molecule has 1 aromatic heterocycles. The molecule has 0 aromatic carbocycles. The summed E-state index contributed by atoms with van der Waals surface area (Å²) in [6.07, 6.45) is 2.31. The topological polar surface area (TPSA) is 43.8 Å². The van der Waals surface area contributed by atoms with E-state index in [0.29, 0.717) is 12.5 Å². The molecule has 114 valence electrons. The number of urea groups is 1. The Hall–Kier alpha value is -1.51. The smallest absolute Gasteiger partial charge is 0.320 e. The third kappa shape index (κ3) is 4.48. The molecule has 1 atom stereocenters. The minimum Gasteiger partial charge on any atom is -0.384 e. The van der Waals surface area contributed by atoms with E-state index >= 15 is 0 Å². The molecule has 0 aliphatic carbocycles. The molecule has 0 spiro atoms. The van der Waals surface area contributed by atoms with Crippen LogP contribution < -0.4 is 0 Å². The first kappa shape index (κ1) is 15.9. The molecule has 0 bridgehead atoms. The number of amides is 2. The van der Waals surface area contributed by atoms with Crippen molar-refractivity contribution in [1.29, 1.82) is 0 Å². The van der Waals surface area contributed by atoms with Gasteiger partial charge in [-0.2, -0.15) is 0 Å². The maximum Gasteiger partial charge on any atom is 0.320 e. The lowest BCUT2D eigenvalue weighted by atomic mass is 10.0. The van der Waals surface area contributed by atoms with E-state index in [-0.39, 0.29) is 12.6 Å². The summed E-state index contributed by atoms with van der Waals surface area (Å²) in [5, 5.41) is 10.7. The largest absolute Gasteiger partial charge is 0.384 e. The Morgan fingerprint density at radius 1 is 1.62 bits per heavy atom. The lowest BCUT2D eigenvalue weighted by Crippen LogP contribution is -2.45. The number of nitrogens with zero attached hydrogens (tertiary/aromatic N) is 2. The molecule has 1 unspecified atom stereocenters. The van der Waals surface area contributed by atoms with Crippen molar-refractivity contribution in [3.63, 3.8) is 0 Å². The van der Waals surface area contributed by atoms with Gasteiger partial charge in [-0.25, -0.2) is 4.79 Å². The maximum absolute atomic E-state index is 12.4. The van der Waals surface area contributed by atoms with Gasteiger partial charge >= 0.3 is 6.03 Å². The van der Waals surface area contributed by atoms with Crippen molar-refractivity contribution >= 4 is 17.4 Å². The van der Waals surface area contributed by atoms with Gasteiger partial charge in [0, 0.05) is 26.7 Å². The average Bonchev–Trinajstić information content (AvgIpc) is 2.91. The average molecular weight is 306 g/mol. The second-order valence-electron chi connectivity index (χ2n) is 5.61. The predicted octanol–water partition coefficient (Wildman–Crippen LogP) is 2.38. The molecular weight excluding hydrogens is 284 g/mol. The number of thiophene rings is 1. The number of hydrogen-bond acceptors (Lipinski definition) is 3. The summed E-state index contributed by atoms with van der Waals surface area (Å²) in [5.74, 6) is 6.12. The second-order valence-corrected chi connectivity index (χ2v) is 6.52. The molecule has 4 nitrogen and oxygen atoms in total. The number of piperidine rings is 1. The van der Waals surface area contributed by atoms with E-state index in [2.05, 4.69) is 18.8 Å². The lowest BCUT2D eigenvalue weighted by molar-refractivity contribution is 0.137. The molecule has 1 N–H and O–H groups in total. The van der Waals surface area contributed by atoms with Gasteiger partial charge in [-0.05, 0) is 35.8 Å². The van der Waals surface area contributed by atoms with E-state index in [4.69, 9.17) is 5.11 Å². The van der Waals surface area contributed by atoms with Crippen LogP contribution in [0.1, 0.15) is 30.2 Å². The zero-order valence-corrected chi connectivity index (χ0v) is 13.4. The zero-order chi connectivity index (χ0) is 15.2. The summed E-state index contributed by atoms with van der Waals surface area (Å²) in [4.78, 5) is 17.1. The molecule has 1 fully saturated rings. The Bertz CT molecular complexity index is 544. The first-order chi connectivity index (χ1) is 10.1. The van der Waals surface area contributed by atoms with Crippen LogP contribution in [0.2, 0.25) is 0 Å². The summed E-state index contributed by atoms with van der Waals surface area (Å²) in [5.41, 5.74) is 1.09. The van der Waals surface area contributed by atoms with Crippen molar-refractivity contribution in [2.75, 3.05) is 26.7 Å². The first-order valence-electron chi connectivity index (χ1n) is 7.27. The van der Waals surface area contributed by atoms with Gasteiger partial charge in [0.25, 0.3) is 0 Å². The van der Waals surface area contributed by atoms with Crippen molar-refractivity contribution in [3.05, 3.63) is 21.9 Å². The third-order valence-corrected chi connectivity index (χ3v) is 4.51. The summed E-state index contributed by atoms with van der Waals surface area (Å²) in [6.45, 7) is 4.40. The molecule has 2 amide bonds. The Morgan fingerprint density at radius 2 is 2.43 bits per heavy atom. The van der Waals surface area contributed by atoms with E-state index in [1.165, 1.54) is 6.42 Å². The monoisotopic (exact) mass is 306 g/mol. The van der Waals surface area contributed by atoms with Gasteiger partial charge in [-0.3, -0.25) is 0 Å². The highest BCUT2D eigenvalue weighted by molar-refractivity contribution is 7.10. The van der Waals surface area contributed by atoms with Crippen molar-refractivity contribution in [1.82, 2.24) is 9.80 Å². The Balaban J connectivity index is 1.92. The van der Waals surface area contributed by atoms with Gasteiger partial charge in [0.15, 0.2) is 0 Å². The van der Waals surface area contributed by atoms with Gasteiger partial charge in [0.05, 0.1) is 4.88 Å². The number of aliphatic hydroxyl groups excluding tert-OH is 1. The summed E-state index contributed by atoms with van der Waals surface area (Å²) >= 11 is 1.54. The van der Waals surface area contributed by atoms with Crippen molar-refractivity contribution in [2.45, 2.75) is 26.3 Å². The predicted molar refractivity (Wildman–Crippen MR) is 85.1 cm³/mol. The number of carbonyl (C=O) groups excluding carboxylic acids is 1. The minimum atomic E-state index is -0.126. The molecule has 1 saturated heterocycles. The molecule has 2 heterocycles. The number of aliphatic hydroxyl groups is 1. The minimum absolute atomic E-state index is 0.107. The van der Waals surface area contributed by atoms with Crippen LogP contribution in [0.4, 0.5) is 4.79 Å². The SMILES string of the molecule is CC1CCCN(C(=O)N(C)Cc2csc(C#CCO)c2)C1. The summed E-state index contributed by atoms with van der Waals surface area (Å²) < 4.78 is 0. The normalized spacial score (nSPS) is 18.0. The Morgan fingerprint density at radius 3 is 3.14 bits per heavy atom. The Labute approximate surface area is 130 Å². The maximum atomic E-state index is 12.4. The number of rotatable bonds is 2. The molecule has 1 aliphatic rings. The van der Waals surface area contributed by atoms with Crippen LogP contribution in [0.25, 0.3) is 0 Å². The fourth-order valence-electron chi connectivity index (χ4n) is 2.60. The van der Waals surface area contributed by atoms with E-state index in [1.807, 2.05) is 23.4 Å². The van der Waals surface area contributed by atoms with E-state index in [0.717, 1.165) is 30.0 Å².